The van der Waals surface area contributed by atoms with E-state index in [1.807, 2.05) is 20.8 Å². The fraction of sp³-hybridized carbons (Fsp3) is 0.875. The topological polar surface area (TPSA) is 75.3 Å². The predicted molar refractivity (Wildman–Crippen MR) is 55.1 cm³/mol. The molecule has 0 aliphatic carbocycles. The number of carbonyl (C=O) groups excluding carboxylic acids is 1. The minimum Gasteiger partial charge on any atom is -0.299 e. The summed E-state index contributed by atoms with van der Waals surface area (Å²) in [6.07, 6.45) is 0.213. The molecule has 2 N–H and O–H groups in total. The fourth-order valence-electron chi connectivity index (χ4n) is 0.746. The molecule has 0 saturated heterocycles. The Morgan fingerprint density at radius 3 is 2.14 bits per heavy atom. The van der Waals surface area contributed by atoms with Gasteiger partial charge in [0.15, 0.2) is 0 Å². The van der Waals surface area contributed by atoms with Gasteiger partial charge in [0.05, 0.1) is 0 Å². The maximum Gasteiger partial charge on any atom is 0.276 e. The van der Waals surface area contributed by atoms with E-state index in [2.05, 4.69) is 9.44 Å². The van der Waals surface area contributed by atoms with Crippen molar-refractivity contribution in [1.29, 1.82) is 0 Å². The lowest BCUT2D eigenvalue weighted by Gasteiger charge is -2.16. The van der Waals surface area contributed by atoms with Gasteiger partial charge in [-0.15, -0.1) is 0 Å². The highest BCUT2D eigenvalue weighted by atomic mass is 32.2. The summed E-state index contributed by atoms with van der Waals surface area (Å²) in [5, 5.41) is 0. The molecule has 0 heterocycles. The molecule has 0 aromatic heterocycles. The molecule has 14 heavy (non-hydrogen) atoms. The van der Waals surface area contributed by atoms with Crippen LogP contribution in [-0.4, -0.2) is 27.8 Å². The Hall–Kier alpha value is -0.460. The lowest BCUT2D eigenvalue weighted by atomic mass is 9.89. The second-order valence-corrected chi connectivity index (χ2v) is 5.73. The molecule has 0 aromatic carbocycles. The van der Waals surface area contributed by atoms with Gasteiger partial charge in [0.2, 0.25) is 0 Å². The van der Waals surface area contributed by atoms with Crippen molar-refractivity contribution < 1.29 is 13.2 Å². The first-order valence-electron chi connectivity index (χ1n) is 4.40. The molecule has 0 aliphatic rings. The third-order valence-electron chi connectivity index (χ3n) is 1.75. The highest BCUT2D eigenvalue weighted by molar-refractivity contribution is 7.87. The van der Waals surface area contributed by atoms with Crippen molar-refractivity contribution in [3.05, 3.63) is 0 Å². The Kier molecular flexibility index (Phi) is 4.70. The van der Waals surface area contributed by atoms with E-state index in [1.54, 1.807) is 0 Å². The van der Waals surface area contributed by atoms with E-state index in [4.69, 9.17) is 0 Å². The Bertz CT molecular complexity index is 290. The zero-order valence-corrected chi connectivity index (χ0v) is 9.86. The number of hydrogen-bond donors (Lipinski definition) is 2. The van der Waals surface area contributed by atoms with Gasteiger partial charge in [0, 0.05) is 25.4 Å². The fourth-order valence-corrected chi connectivity index (χ4v) is 1.26. The molecule has 0 rings (SSSR count). The van der Waals surface area contributed by atoms with Crippen molar-refractivity contribution in [2.75, 3.05) is 13.6 Å². The van der Waals surface area contributed by atoms with Gasteiger partial charge in [0.25, 0.3) is 10.2 Å². The van der Waals surface area contributed by atoms with Crippen molar-refractivity contribution in [3.8, 4) is 0 Å². The summed E-state index contributed by atoms with van der Waals surface area (Å²) in [5.74, 6) is 0.0382. The highest BCUT2D eigenvalue weighted by Gasteiger charge is 2.20. The highest BCUT2D eigenvalue weighted by Crippen LogP contribution is 2.15. The maximum absolute atomic E-state index is 11.4. The summed E-state index contributed by atoms with van der Waals surface area (Å²) in [6.45, 7) is 5.56. The summed E-state index contributed by atoms with van der Waals surface area (Å²) >= 11 is 0. The van der Waals surface area contributed by atoms with Gasteiger partial charge in [-0.2, -0.15) is 8.42 Å². The van der Waals surface area contributed by atoms with E-state index in [9.17, 15) is 13.2 Å². The number of hydrogen-bond acceptors (Lipinski definition) is 3. The zero-order chi connectivity index (χ0) is 11.4. The molecule has 0 spiro atoms. The van der Waals surface area contributed by atoms with Gasteiger partial charge in [-0.25, -0.2) is 9.44 Å². The van der Waals surface area contributed by atoms with Crippen LogP contribution in [-0.2, 0) is 15.0 Å². The molecule has 84 valence electrons. The van der Waals surface area contributed by atoms with Gasteiger partial charge in [-0.1, -0.05) is 20.8 Å². The predicted octanol–water partition coefficient (Wildman–Crippen LogP) is 0.0455. The summed E-state index contributed by atoms with van der Waals surface area (Å²) in [5.41, 5.74) is -0.412. The lowest BCUT2D eigenvalue weighted by Crippen LogP contribution is -2.36. The van der Waals surface area contributed by atoms with Crippen molar-refractivity contribution in [3.63, 3.8) is 0 Å². The summed E-state index contributed by atoms with van der Waals surface area (Å²) in [4.78, 5) is 11.4. The maximum atomic E-state index is 11.4. The summed E-state index contributed by atoms with van der Waals surface area (Å²) in [6, 6.07) is 0. The van der Waals surface area contributed by atoms with Crippen LogP contribution in [0.3, 0.4) is 0 Å². The first kappa shape index (κ1) is 13.5. The van der Waals surface area contributed by atoms with Crippen molar-refractivity contribution in [2.24, 2.45) is 5.41 Å². The van der Waals surface area contributed by atoms with E-state index in [0.717, 1.165) is 0 Å². The number of Topliss-reactive ketones (excluding diaryl/α,β-unsaturated/α-hetero) is 1. The van der Waals surface area contributed by atoms with Crippen LogP contribution in [0.4, 0.5) is 0 Å². The molecule has 0 unspecified atom stereocenters. The van der Waals surface area contributed by atoms with Gasteiger partial charge < -0.3 is 0 Å². The molecule has 0 aliphatic heterocycles. The Morgan fingerprint density at radius 2 is 1.79 bits per heavy atom. The van der Waals surface area contributed by atoms with Crippen LogP contribution in [0.2, 0.25) is 0 Å². The quantitative estimate of drug-likeness (QED) is 0.690. The Balaban J connectivity index is 3.94. The number of ketones is 1. The van der Waals surface area contributed by atoms with Crippen LogP contribution in [0.15, 0.2) is 0 Å². The van der Waals surface area contributed by atoms with Crippen molar-refractivity contribution >= 4 is 16.0 Å². The van der Waals surface area contributed by atoms with Crippen LogP contribution in [0.1, 0.15) is 27.2 Å². The monoisotopic (exact) mass is 222 g/mol. The van der Waals surface area contributed by atoms with Crippen LogP contribution < -0.4 is 9.44 Å². The zero-order valence-electron chi connectivity index (χ0n) is 9.05. The van der Waals surface area contributed by atoms with Gasteiger partial charge in [-0.05, 0) is 0 Å². The van der Waals surface area contributed by atoms with Crippen molar-refractivity contribution in [1.82, 2.24) is 9.44 Å². The molecule has 0 radical (unpaired) electrons. The first-order valence-corrected chi connectivity index (χ1v) is 5.89. The van der Waals surface area contributed by atoms with E-state index in [0.29, 0.717) is 0 Å². The molecule has 0 atom stereocenters. The molecule has 0 aromatic rings. The van der Waals surface area contributed by atoms with Crippen LogP contribution in [0, 0.1) is 5.41 Å². The minimum absolute atomic E-state index is 0.0382. The minimum atomic E-state index is -3.41. The largest absolute Gasteiger partial charge is 0.299 e. The van der Waals surface area contributed by atoms with Crippen LogP contribution in [0.5, 0.6) is 0 Å². The summed E-state index contributed by atoms with van der Waals surface area (Å²) < 4.78 is 26.1. The smallest absolute Gasteiger partial charge is 0.276 e. The molecule has 0 saturated carbocycles. The normalized spacial score (nSPS) is 12.9. The molecular formula is C8H18N2O3S. The molecule has 0 fully saturated rings. The third kappa shape index (κ3) is 5.31. The molecule has 0 amide bonds. The van der Waals surface area contributed by atoms with Gasteiger partial charge >= 0.3 is 0 Å². The molecular weight excluding hydrogens is 204 g/mol. The Labute approximate surface area is 85.5 Å². The van der Waals surface area contributed by atoms with Crippen LogP contribution >= 0.6 is 0 Å². The van der Waals surface area contributed by atoms with Gasteiger partial charge in [-0.3, -0.25) is 4.79 Å². The van der Waals surface area contributed by atoms with Crippen LogP contribution in [0.25, 0.3) is 0 Å². The van der Waals surface area contributed by atoms with E-state index in [-0.39, 0.29) is 18.7 Å². The summed E-state index contributed by atoms with van der Waals surface area (Å²) in [7, 11) is -2.10. The number of carbonyl (C=O) groups is 1. The lowest BCUT2D eigenvalue weighted by molar-refractivity contribution is -0.126. The van der Waals surface area contributed by atoms with Crippen molar-refractivity contribution in [2.45, 2.75) is 27.2 Å². The second-order valence-electron chi connectivity index (χ2n) is 4.03. The van der Waals surface area contributed by atoms with E-state index >= 15 is 0 Å². The third-order valence-corrected chi connectivity index (χ3v) is 2.87. The molecule has 0 bridgehead atoms. The number of rotatable bonds is 5. The first-order chi connectivity index (χ1) is 6.19. The second kappa shape index (κ2) is 4.86. The number of nitrogens with one attached hydrogen (secondary N) is 2. The Morgan fingerprint density at radius 1 is 1.29 bits per heavy atom. The molecule has 5 nitrogen and oxygen atoms in total. The van der Waals surface area contributed by atoms with E-state index < -0.39 is 15.6 Å². The van der Waals surface area contributed by atoms with E-state index in [1.165, 1.54) is 7.05 Å². The average molecular weight is 222 g/mol. The molecule has 6 heteroatoms. The standard InChI is InChI=1S/C8H18N2O3S/c1-8(2,3)7(11)5-6-10-14(12,13)9-4/h9-10H,5-6H2,1-4H3. The van der Waals surface area contributed by atoms with Gasteiger partial charge in [0.1, 0.15) is 5.78 Å². The average Bonchev–Trinajstić information content (AvgIpc) is 2.02. The SMILES string of the molecule is CNS(=O)(=O)NCCC(=O)C(C)(C)C.